The van der Waals surface area contributed by atoms with Gasteiger partial charge in [-0.2, -0.15) is 0 Å². The van der Waals surface area contributed by atoms with Gasteiger partial charge in [-0.05, 0) is 37.0 Å². The van der Waals surface area contributed by atoms with Gasteiger partial charge >= 0.3 is 0 Å². The Balaban J connectivity index is 2.76. The number of hydrogen-bond acceptors (Lipinski definition) is 1. The fraction of sp³-hybridized carbons (Fsp3) is 0.600. The molecule has 0 bridgehead atoms. The molecule has 1 rings (SSSR count). The lowest BCUT2D eigenvalue weighted by Gasteiger charge is -2.26. The van der Waals surface area contributed by atoms with E-state index in [0.29, 0.717) is 10.0 Å². The minimum atomic E-state index is 0.710. The number of rotatable bonds is 7. The highest BCUT2D eigenvalue weighted by atomic mass is 35.5. The van der Waals surface area contributed by atoms with Crippen molar-refractivity contribution in [1.29, 1.82) is 0 Å². The van der Waals surface area contributed by atoms with Crippen LogP contribution in [-0.4, -0.2) is 13.1 Å². The van der Waals surface area contributed by atoms with E-state index in [1.807, 2.05) is 12.1 Å². The van der Waals surface area contributed by atoms with Crippen molar-refractivity contribution in [2.24, 2.45) is 5.92 Å². The van der Waals surface area contributed by atoms with Crippen LogP contribution in [0.25, 0.3) is 0 Å². The Kier molecular flexibility index (Phi) is 6.88. The van der Waals surface area contributed by atoms with E-state index >= 15 is 0 Å². The Morgan fingerprint density at radius 3 is 2.17 bits per heavy atom. The van der Waals surface area contributed by atoms with Gasteiger partial charge < -0.3 is 4.90 Å². The average Bonchev–Trinajstić information content (AvgIpc) is 2.32. The molecular weight excluding hydrogens is 265 g/mol. The smallest absolute Gasteiger partial charge is 0.0441 e. The summed E-state index contributed by atoms with van der Waals surface area (Å²) >= 11 is 12.1. The van der Waals surface area contributed by atoms with Gasteiger partial charge in [0, 0.05) is 28.8 Å². The summed E-state index contributed by atoms with van der Waals surface area (Å²) in [7, 11) is 0. The second kappa shape index (κ2) is 7.91. The third-order valence-electron chi connectivity index (χ3n) is 3.29. The van der Waals surface area contributed by atoms with Gasteiger partial charge in [0.1, 0.15) is 0 Å². The number of halogens is 2. The molecule has 0 amide bonds. The van der Waals surface area contributed by atoms with Gasteiger partial charge in [0.2, 0.25) is 0 Å². The van der Waals surface area contributed by atoms with Gasteiger partial charge in [-0.1, -0.05) is 50.4 Å². The lowest BCUT2D eigenvalue weighted by atomic mass is 10.0. The Bertz CT molecular complexity index is 345. The molecule has 1 nitrogen and oxygen atoms in total. The van der Waals surface area contributed by atoms with E-state index in [0.717, 1.165) is 31.1 Å². The van der Waals surface area contributed by atoms with Gasteiger partial charge in [0.25, 0.3) is 0 Å². The van der Waals surface area contributed by atoms with Crippen LogP contribution in [0.3, 0.4) is 0 Å². The first-order chi connectivity index (χ1) is 8.56. The molecule has 0 aliphatic rings. The molecule has 0 fully saturated rings. The number of anilines is 1. The fourth-order valence-corrected chi connectivity index (χ4v) is 2.46. The minimum Gasteiger partial charge on any atom is -0.371 e. The van der Waals surface area contributed by atoms with Crippen LogP contribution in [0.1, 0.15) is 40.0 Å². The fourth-order valence-electron chi connectivity index (χ4n) is 1.94. The molecule has 0 saturated heterocycles. The molecule has 0 aliphatic heterocycles. The second-order valence-corrected chi connectivity index (χ2v) is 5.79. The molecule has 0 spiro atoms. The highest BCUT2D eigenvalue weighted by molar-refractivity contribution is 6.35. The zero-order valence-corrected chi connectivity index (χ0v) is 13.1. The molecule has 0 aromatic heterocycles. The second-order valence-electron chi connectivity index (χ2n) is 4.92. The van der Waals surface area contributed by atoms with Gasteiger partial charge in [-0.3, -0.25) is 0 Å². The first-order valence-corrected chi connectivity index (χ1v) is 7.53. The van der Waals surface area contributed by atoms with Crippen LogP contribution in [0.2, 0.25) is 10.0 Å². The van der Waals surface area contributed by atoms with E-state index in [4.69, 9.17) is 23.2 Å². The summed E-state index contributed by atoms with van der Waals surface area (Å²) in [5.41, 5.74) is 1.14. The maximum Gasteiger partial charge on any atom is 0.0441 e. The molecule has 18 heavy (non-hydrogen) atoms. The predicted molar refractivity (Wildman–Crippen MR) is 83.0 cm³/mol. The Morgan fingerprint density at radius 2 is 1.67 bits per heavy atom. The standard InChI is InChI=1S/C15H23Cl2N/c1-4-7-18(8-6-12(3)5-2)15-10-13(16)9-14(17)11-15/h9-12H,4-8H2,1-3H3. The lowest BCUT2D eigenvalue weighted by Crippen LogP contribution is -2.26. The summed E-state index contributed by atoms with van der Waals surface area (Å²) < 4.78 is 0. The maximum atomic E-state index is 6.07. The van der Waals surface area contributed by atoms with Crippen molar-refractivity contribution in [3.8, 4) is 0 Å². The van der Waals surface area contributed by atoms with Crippen molar-refractivity contribution in [2.75, 3.05) is 18.0 Å². The Labute approximate surface area is 121 Å². The zero-order chi connectivity index (χ0) is 13.5. The van der Waals surface area contributed by atoms with E-state index in [1.54, 1.807) is 6.07 Å². The highest BCUT2D eigenvalue weighted by Crippen LogP contribution is 2.26. The van der Waals surface area contributed by atoms with Crippen molar-refractivity contribution in [2.45, 2.75) is 40.0 Å². The number of benzene rings is 1. The van der Waals surface area contributed by atoms with Crippen molar-refractivity contribution in [3.05, 3.63) is 28.2 Å². The molecule has 1 atom stereocenters. The summed E-state index contributed by atoms with van der Waals surface area (Å²) in [5.74, 6) is 0.763. The molecule has 102 valence electrons. The van der Waals surface area contributed by atoms with Crippen molar-refractivity contribution < 1.29 is 0 Å². The van der Waals surface area contributed by atoms with Crippen LogP contribution in [0.4, 0.5) is 5.69 Å². The van der Waals surface area contributed by atoms with Crippen LogP contribution in [0.15, 0.2) is 18.2 Å². The summed E-state index contributed by atoms with van der Waals surface area (Å²) in [4.78, 5) is 2.38. The van der Waals surface area contributed by atoms with Crippen LogP contribution in [0, 0.1) is 5.92 Å². The predicted octanol–water partition coefficient (Wildman–Crippen LogP) is 5.65. The van der Waals surface area contributed by atoms with Crippen molar-refractivity contribution in [3.63, 3.8) is 0 Å². The normalized spacial score (nSPS) is 12.5. The maximum absolute atomic E-state index is 6.07. The van der Waals surface area contributed by atoms with Crippen LogP contribution >= 0.6 is 23.2 Å². The molecule has 1 aromatic rings. The molecule has 0 radical (unpaired) electrons. The van der Waals surface area contributed by atoms with Crippen molar-refractivity contribution >= 4 is 28.9 Å². The number of hydrogen-bond donors (Lipinski definition) is 0. The summed E-state index contributed by atoms with van der Waals surface area (Å²) in [6.07, 6.45) is 3.57. The summed E-state index contributed by atoms with van der Waals surface area (Å²) in [6, 6.07) is 5.78. The third-order valence-corrected chi connectivity index (χ3v) is 3.73. The first-order valence-electron chi connectivity index (χ1n) is 6.77. The first kappa shape index (κ1) is 15.7. The lowest BCUT2D eigenvalue weighted by molar-refractivity contribution is 0.510. The van der Waals surface area contributed by atoms with Crippen LogP contribution in [0.5, 0.6) is 0 Å². The quantitative estimate of drug-likeness (QED) is 0.627. The monoisotopic (exact) mass is 287 g/mol. The highest BCUT2D eigenvalue weighted by Gasteiger charge is 2.09. The van der Waals surface area contributed by atoms with Gasteiger partial charge in [0.05, 0.1) is 0 Å². The van der Waals surface area contributed by atoms with Gasteiger partial charge in [-0.15, -0.1) is 0 Å². The Morgan fingerprint density at radius 1 is 1.06 bits per heavy atom. The number of nitrogens with zero attached hydrogens (tertiary/aromatic N) is 1. The van der Waals surface area contributed by atoms with Gasteiger partial charge in [0.15, 0.2) is 0 Å². The Hall–Kier alpha value is -0.400. The SMILES string of the molecule is CCCN(CCC(C)CC)c1cc(Cl)cc(Cl)c1. The molecule has 0 saturated carbocycles. The van der Waals surface area contributed by atoms with Crippen LogP contribution < -0.4 is 4.90 Å². The topological polar surface area (TPSA) is 3.24 Å². The molecular formula is C15H23Cl2N. The molecule has 0 N–H and O–H groups in total. The van der Waals surface area contributed by atoms with E-state index in [2.05, 4.69) is 25.7 Å². The van der Waals surface area contributed by atoms with Gasteiger partial charge in [-0.25, -0.2) is 0 Å². The van der Waals surface area contributed by atoms with E-state index in [1.165, 1.54) is 12.8 Å². The van der Waals surface area contributed by atoms with E-state index in [9.17, 15) is 0 Å². The summed E-state index contributed by atoms with van der Waals surface area (Å²) in [6.45, 7) is 8.86. The summed E-state index contributed by atoms with van der Waals surface area (Å²) in [5, 5.41) is 1.42. The molecule has 0 heterocycles. The average molecular weight is 288 g/mol. The third kappa shape index (κ3) is 5.07. The molecule has 1 unspecified atom stereocenters. The van der Waals surface area contributed by atoms with E-state index in [-0.39, 0.29) is 0 Å². The molecule has 0 aliphatic carbocycles. The van der Waals surface area contributed by atoms with Crippen molar-refractivity contribution in [1.82, 2.24) is 0 Å². The minimum absolute atomic E-state index is 0.710. The van der Waals surface area contributed by atoms with E-state index < -0.39 is 0 Å². The molecule has 3 heteroatoms. The zero-order valence-electron chi connectivity index (χ0n) is 11.5. The van der Waals surface area contributed by atoms with Crippen LogP contribution in [-0.2, 0) is 0 Å². The largest absolute Gasteiger partial charge is 0.371 e. The molecule has 1 aromatic carbocycles.